The maximum Gasteiger partial charge on any atom is 0.305 e. The molecule has 1 aliphatic rings. The molecule has 5 heteroatoms. The maximum absolute atomic E-state index is 12.8. The van der Waals surface area contributed by atoms with Crippen LogP contribution in [0.15, 0.2) is 54.1 Å². The Bertz CT molecular complexity index is 939. The Morgan fingerprint density at radius 3 is 2.15 bits per heavy atom. The molecule has 0 fully saturated rings. The molecule has 5 nitrogen and oxygen atoms in total. The summed E-state index contributed by atoms with van der Waals surface area (Å²) in [6, 6.07) is 14.9. The number of rotatable bonds is 5. The lowest BCUT2D eigenvalue weighted by Crippen LogP contribution is -2.25. The van der Waals surface area contributed by atoms with Gasteiger partial charge in [-0.1, -0.05) is 36.4 Å². The topological polar surface area (TPSA) is 63.7 Å². The number of fused-ring (bicyclic) bond motifs is 1. The molecule has 0 N–H and O–H groups in total. The van der Waals surface area contributed by atoms with Crippen molar-refractivity contribution in [1.82, 2.24) is 0 Å². The highest BCUT2D eigenvalue weighted by Gasteiger charge is 2.33. The van der Waals surface area contributed by atoms with Crippen molar-refractivity contribution < 1.29 is 19.1 Å². The van der Waals surface area contributed by atoms with E-state index in [4.69, 9.17) is 4.74 Å². The van der Waals surface area contributed by atoms with Crippen molar-refractivity contribution in [3.63, 3.8) is 0 Å². The van der Waals surface area contributed by atoms with Crippen LogP contribution < -0.4 is 4.90 Å². The highest BCUT2D eigenvalue weighted by Crippen LogP contribution is 2.37. The minimum atomic E-state index is -0.552. The quantitative estimate of drug-likeness (QED) is 0.603. The molecular formula is C22H21NO4. The number of carbonyl (C=O) groups is 3. The van der Waals surface area contributed by atoms with Gasteiger partial charge in [0.05, 0.1) is 7.11 Å². The summed E-state index contributed by atoms with van der Waals surface area (Å²) < 4.78 is 4.69. The van der Waals surface area contributed by atoms with Gasteiger partial charge in [0.15, 0.2) is 0 Å². The van der Waals surface area contributed by atoms with Crippen LogP contribution in [-0.2, 0) is 14.3 Å². The highest BCUT2D eigenvalue weighted by atomic mass is 16.5. The molecule has 2 aromatic rings. The number of benzene rings is 2. The Hall–Kier alpha value is -3.21. The third-order valence-corrected chi connectivity index (χ3v) is 4.70. The number of anilines is 1. The fourth-order valence-corrected chi connectivity index (χ4v) is 3.26. The Balaban J connectivity index is 2.17. The first-order chi connectivity index (χ1) is 12.9. The van der Waals surface area contributed by atoms with Gasteiger partial charge in [0.1, 0.15) is 0 Å². The van der Waals surface area contributed by atoms with Crippen molar-refractivity contribution >= 4 is 28.8 Å². The summed E-state index contributed by atoms with van der Waals surface area (Å²) in [5.74, 6) is -1.49. The first-order valence-corrected chi connectivity index (χ1v) is 8.70. The normalized spacial score (nSPS) is 13.4. The third kappa shape index (κ3) is 3.53. The fourth-order valence-electron chi connectivity index (χ4n) is 3.26. The Labute approximate surface area is 158 Å². The van der Waals surface area contributed by atoms with Crippen molar-refractivity contribution in [1.29, 1.82) is 0 Å². The molecule has 27 heavy (non-hydrogen) atoms. The zero-order chi connectivity index (χ0) is 19.6. The molecule has 0 spiro atoms. The first kappa shape index (κ1) is 18.6. The highest BCUT2D eigenvalue weighted by molar-refractivity contribution is 6.52. The number of hydrogen-bond donors (Lipinski definition) is 0. The van der Waals surface area contributed by atoms with Crippen LogP contribution in [0, 0.1) is 0 Å². The van der Waals surface area contributed by atoms with E-state index in [1.807, 2.05) is 55.4 Å². The van der Waals surface area contributed by atoms with Crippen LogP contribution in [0.2, 0.25) is 0 Å². The maximum atomic E-state index is 12.8. The summed E-state index contributed by atoms with van der Waals surface area (Å²) in [5.41, 5.74) is 4.07. The van der Waals surface area contributed by atoms with Crippen LogP contribution in [0.1, 0.15) is 34.3 Å². The zero-order valence-electron chi connectivity index (χ0n) is 15.6. The lowest BCUT2D eigenvalue weighted by molar-refractivity contribution is -0.140. The Morgan fingerprint density at radius 2 is 1.56 bits per heavy atom. The molecule has 0 saturated carbocycles. The molecule has 138 valence electrons. The number of nitrogens with zero attached hydrogens (tertiary/aromatic N) is 1. The van der Waals surface area contributed by atoms with Crippen molar-refractivity contribution in [2.24, 2.45) is 0 Å². The smallest absolute Gasteiger partial charge is 0.305 e. The lowest BCUT2D eigenvalue weighted by Gasteiger charge is -2.22. The van der Waals surface area contributed by atoms with Gasteiger partial charge in [-0.2, -0.15) is 0 Å². The molecule has 0 saturated heterocycles. The number of Topliss-reactive ketones (excluding diaryl/α,β-unsaturated/α-hetero) is 2. The van der Waals surface area contributed by atoms with Crippen LogP contribution in [0.5, 0.6) is 0 Å². The second-order valence-corrected chi connectivity index (χ2v) is 6.57. The number of hydrogen-bond acceptors (Lipinski definition) is 5. The van der Waals surface area contributed by atoms with E-state index in [1.165, 1.54) is 7.11 Å². The van der Waals surface area contributed by atoms with Crippen LogP contribution in [0.25, 0.3) is 5.57 Å². The third-order valence-electron chi connectivity index (χ3n) is 4.70. The summed E-state index contributed by atoms with van der Waals surface area (Å²) >= 11 is 0. The molecule has 0 heterocycles. The van der Waals surface area contributed by atoms with Crippen molar-refractivity contribution in [3.05, 3.63) is 70.8 Å². The second-order valence-electron chi connectivity index (χ2n) is 6.57. The number of ether oxygens (including phenoxy) is 1. The van der Waals surface area contributed by atoms with E-state index < -0.39 is 17.5 Å². The molecule has 1 aliphatic carbocycles. The van der Waals surface area contributed by atoms with Gasteiger partial charge in [-0.25, -0.2) is 0 Å². The van der Waals surface area contributed by atoms with Crippen molar-refractivity contribution in [2.45, 2.75) is 12.8 Å². The monoisotopic (exact) mass is 363 g/mol. The first-order valence-electron chi connectivity index (χ1n) is 8.70. The van der Waals surface area contributed by atoms with E-state index in [0.717, 1.165) is 16.8 Å². The molecule has 0 aliphatic heterocycles. The van der Waals surface area contributed by atoms with Gasteiger partial charge in [-0.3, -0.25) is 14.4 Å². The second kappa shape index (κ2) is 7.58. The molecule has 0 aromatic heterocycles. The average Bonchev–Trinajstić information content (AvgIpc) is 2.69. The number of esters is 1. The van der Waals surface area contributed by atoms with Gasteiger partial charge in [0.25, 0.3) is 0 Å². The predicted molar refractivity (Wildman–Crippen MR) is 104 cm³/mol. The average molecular weight is 363 g/mol. The number of ketones is 2. The molecular weight excluding hydrogens is 342 g/mol. The van der Waals surface area contributed by atoms with E-state index in [0.29, 0.717) is 16.7 Å². The minimum Gasteiger partial charge on any atom is -0.469 e. The van der Waals surface area contributed by atoms with Gasteiger partial charge in [-0.05, 0) is 35.3 Å². The summed E-state index contributed by atoms with van der Waals surface area (Å²) in [6.45, 7) is 0. The van der Waals surface area contributed by atoms with Crippen LogP contribution in [-0.4, -0.2) is 38.7 Å². The van der Waals surface area contributed by atoms with Gasteiger partial charge < -0.3 is 9.64 Å². The molecule has 2 aromatic carbocycles. The molecule has 0 atom stereocenters. The van der Waals surface area contributed by atoms with E-state index in [9.17, 15) is 14.4 Å². The molecule has 0 unspecified atom stereocenters. The summed E-state index contributed by atoms with van der Waals surface area (Å²) in [4.78, 5) is 38.9. The van der Waals surface area contributed by atoms with Crippen LogP contribution in [0.3, 0.4) is 0 Å². The van der Waals surface area contributed by atoms with Crippen molar-refractivity contribution in [2.75, 3.05) is 26.1 Å². The number of methoxy groups -OCH3 is 1. The van der Waals surface area contributed by atoms with Crippen LogP contribution >= 0.6 is 0 Å². The Morgan fingerprint density at radius 1 is 0.926 bits per heavy atom. The van der Waals surface area contributed by atoms with Crippen LogP contribution in [0.4, 0.5) is 5.69 Å². The zero-order valence-corrected chi connectivity index (χ0v) is 15.6. The lowest BCUT2D eigenvalue weighted by atomic mass is 9.79. The van der Waals surface area contributed by atoms with Gasteiger partial charge in [0.2, 0.25) is 11.6 Å². The van der Waals surface area contributed by atoms with E-state index in [1.54, 1.807) is 12.1 Å². The van der Waals surface area contributed by atoms with Gasteiger partial charge in [-0.15, -0.1) is 0 Å². The summed E-state index contributed by atoms with van der Waals surface area (Å²) in [5, 5.41) is 0. The molecule has 0 radical (unpaired) electrons. The van der Waals surface area contributed by atoms with E-state index in [-0.39, 0.29) is 12.8 Å². The molecule has 0 amide bonds. The van der Waals surface area contributed by atoms with E-state index in [2.05, 4.69) is 0 Å². The molecule has 0 bridgehead atoms. The predicted octanol–water partition coefficient (Wildman–Crippen LogP) is 3.27. The van der Waals surface area contributed by atoms with Gasteiger partial charge >= 0.3 is 5.97 Å². The van der Waals surface area contributed by atoms with Crippen molar-refractivity contribution in [3.8, 4) is 0 Å². The van der Waals surface area contributed by atoms with Gasteiger partial charge in [0, 0.05) is 37.3 Å². The molecule has 3 rings (SSSR count). The van der Waals surface area contributed by atoms with E-state index >= 15 is 0 Å². The SMILES string of the molecule is COC(=O)CCC1=C(c2ccc(N(C)C)cc2)c2ccccc2C(=O)C1=O. The number of carbonyl (C=O) groups excluding carboxylic acids is 3. The summed E-state index contributed by atoms with van der Waals surface area (Å²) in [7, 11) is 5.21. The number of allylic oxidation sites excluding steroid dienone is 1. The summed E-state index contributed by atoms with van der Waals surface area (Å²) in [6.07, 6.45) is 0.211. The Kier molecular flexibility index (Phi) is 5.21. The largest absolute Gasteiger partial charge is 0.469 e. The minimum absolute atomic E-state index is 0.0479. The fraction of sp³-hybridized carbons (Fsp3) is 0.227. The standard InChI is InChI=1S/C22H21NO4/c1-23(2)15-10-8-14(9-11-15)20-16-6-4-5-7-17(16)21(25)22(26)18(20)12-13-19(24)27-3/h4-11H,12-13H2,1-3H3.